The van der Waals surface area contributed by atoms with Gasteiger partial charge in [0, 0.05) is 0 Å². The number of carbonyl (C=O) groups excluding carboxylic acids is 1. The van der Waals surface area contributed by atoms with Crippen LogP contribution in [0.4, 0.5) is 0 Å². The maximum atomic E-state index is 10.8. The van der Waals surface area contributed by atoms with Crippen molar-refractivity contribution in [3.8, 4) is 0 Å². The fourth-order valence-electron chi connectivity index (χ4n) is 0.789. The van der Waals surface area contributed by atoms with E-state index in [-0.39, 0.29) is 0 Å². The van der Waals surface area contributed by atoms with Crippen LogP contribution < -0.4 is 5.73 Å². The van der Waals surface area contributed by atoms with Crippen molar-refractivity contribution in [2.45, 2.75) is 39.7 Å². The second-order valence-electron chi connectivity index (χ2n) is 3.43. The topological polar surface area (TPSA) is 50.1 Å². The normalized spacial score (nSPS) is 13.1. The molecule has 0 aromatic heterocycles. The van der Waals surface area contributed by atoms with Crippen LogP contribution in [0, 0.1) is 5.92 Å². The molecule has 0 amide bonds. The largest absolute Gasteiger partial charge is 0.464 e. The number of hydrogen-bond donors (Lipinski definition) is 0. The molecule has 3 heteroatoms. The third-order valence-electron chi connectivity index (χ3n) is 1.52. The van der Waals surface area contributed by atoms with Gasteiger partial charge in [0.1, 0.15) is 6.04 Å². The van der Waals surface area contributed by atoms with E-state index in [4.69, 9.17) is 10.5 Å². The third kappa shape index (κ3) is 6.16. The first-order valence-corrected chi connectivity index (χ1v) is 4.41. The molecule has 0 saturated heterocycles. The first-order valence-electron chi connectivity index (χ1n) is 4.41. The Morgan fingerprint density at radius 2 is 2.00 bits per heavy atom. The standard InChI is InChI=1S/C9H18NO2/c1-7(2)5-4-6-12-9(11)8(3)10/h7-8,10H,4-6H2,1-3H3. The average molecular weight is 172 g/mol. The molecule has 0 aliphatic heterocycles. The van der Waals surface area contributed by atoms with E-state index in [2.05, 4.69) is 13.8 Å². The SMILES string of the molecule is CC(C)CCCOC(=O)C(C)[NH]. The van der Waals surface area contributed by atoms with Crippen LogP contribution in [0.5, 0.6) is 0 Å². The van der Waals surface area contributed by atoms with E-state index < -0.39 is 12.0 Å². The quantitative estimate of drug-likeness (QED) is 0.467. The summed E-state index contributed by atoms with van der Waals surface area (Å²) >= 11 is 0. The van der Waals surface area contributed by atoms with Crippen molar-refractivity contribution in [3.05, 3.63) is 0 Å². The van der Waals surface area contributed by atoms with Gasteiger partial charge in [-0.3, -0.25) is 4.79 Å². The molecule has 12 heavy (non-hydrogen) atoms. The number of ether oxygens (including phenoxy) is 1. The zero-order chi connectivity index (χ0) is 9.56. The molecule has 1 N–H and O–H groups in total. The molecule has 0 aromatic rings. The Hall–Kier alpha value is -0.570. The van der Waals surface area contributed by atoms with E-state index in [1.807, 2.05) is 0 Å². The molecule has 0 aliphatic rings. The van der Waals surface area contributed by atoms with E-state index in [1.165, 1.54) is 6.92 Å². The second kappa shape index (κ2) is 6.00. The number of rotatable bonds is 5. The minimum atomic E-state index is -0.746. The molecule has 0 aliphatic carbocycles. The van der Waals surface area contributed by atoms with Crippen LogP contribution in [0.1, 0.15) is 33.6 Å². The lowest BCUT2D eigenvalue weighted by Crippen LogP contribution is -2.21. The Morgan fingerprint density at radius 1 is 1.42 bits per heavy atom. The van der Waals surface area contributed by atoms with Crippen LogP contribution in [0.25, 0.3) is 0 Å². The summed E-state index contributed by atoms with van der Waals surface area (Å²) in [6.07, 6.45) is 1.97. The number of esters is 1. The van der Waals surface area contributed by atoms with Crippen molar-refractivity contribution in [1.29, 1.82) is 0 Å². The maximum Gasteiger partial charge on any atom is 0.324 e. The first kappa shape index (κ1) is 11.4. The van der Waals surface area contributed by atoms with Crippen LogP contribution in [-0.4, -0.2) is 18.6 Å². The van der Waals surface area contributed by atoms with E-state index in [1.54, 1.807) is 0 Å². The summed E-state index contributed by atoms with van der Waals surface area (Å²) < 4.78 is 4.83. The van der Waals surface area contributed by atoms with Crippen molar-refractivity contribution in [1.82, 2.24) is 5.73 Å². The van der Waals surface area contributed by atoms with Gasteiger partial charge in [-0.1, -0.05) is 13.8 Å². The molecular weight excluding hydrogens is 154 g/mol. The summed E-state index contributed by atoms with van der Waals surface area (Å²) in [4.78, 5) is 10.8. The lowest BCUT2D eigenvalue weighted by molar-refractivity contribution is -0.145. The van der Waals surface area contributed by atoms with Crippen LogP contribution in [-0.2, 0) is 9.53 Å². The van der Waals surface area contributed by atoms with Gasteiger partial charge in [-0.2, -0.15) is 0 Å². The third-order valence-corrected chi connectivity index (χ3v) is 1.52. The molecule has 0 fully saturated rings. The molecular formula is C9H18NO2. The summed E-state index contributed by atoms with van der Waals surface area (Å²) in [5, 5.41) is 0. The lowest BCUT2D eigenvalue weighted by Gasteiger charge is -2.07. The average Bonchev–Trinajstić information content (AvgIpc) is 1.97. The van der Waals surface area contributed by atoms with Crippen LogP contribution in [0.3, 0.4) is 0 Å². The lowest BCUT2D eigenvalue weighted by atomic mass is 10.1. The molecule has 0 aromatic carbocycles. The van der Waals surface area contributed by atoms with E-state index >= 15 is 0 Å². The predicted molar refractivity (Wildman–Crippen MR) is 47.6 cm³/mol. The summed E-state index contributed by atoms with van der Waals surface area (Å²) in [6, 6.07) is -0.746. The minimum Gasteiger partial charge on any atom is -0.464 e. The fraction of sp³-hybridized carbons (Fsp3) is 0.889. The first-order chi connectivity index (χ1) is 5.54. The highest BCUT2D eigenvalue weighted by molar-refractivity contribution is 5.74. The van der Waals surface area contributed by atoms with E-state index in [0.717, 1.165) is 12.8 Å². The van der Waals surface area contributed by atoms with E-state index in [9.17, 15) is 4.79 Å². The van der Waals surface area contributed by atoms with Gasteiger partial charge in [-0.05, 0) is 25.7 Å². The van der Waals surface area contributed by atoms with E-state index in [0.29, 0.717) is 12.5 Å². The van der Waals surface area contributed by atoms with Crippen molar-refractivity contribution >= 4 is 5.97 Å². The predicted octanol–water partition coefficient (Wildman–Crippen LogP) is 1.64. The highest BCUT2D eigenvalue weighted by Crippen LogP contribution is 2.03. The summed E-state index contributed by atoms with van der Waals surface area (Å²) in [6.45, 7) is 6.24. The number of hydrogen-bond acceptors (Lipinski definition) is 2. The maximum absolute atomic E-state index is 10.8. The van der Waals surface area contributed by atoms with Crippen LogP contribution in [0.2, 0.25) is 0 Å². The minimum absolute atomic E-state index is 0.418. The molecule has 0 bridgehead atoms. The number of nitrogens with one attached hydrogen (secondary N) is 1. The van der Waals surface area contributed by atoms with Gasteiger partial charge in [0.25, 0.3) is 0 Å². The molecule has 1 unspecified atom stereocenters. The molecule has 71 valence electrons. The van der Waals surface area contributed by atoms with Gasteiger partial charge in [0.05, 0.1) is 6.61 Å². The number of carbonyl (C=O) groups is 1. The van der Waals surface area contributed by atoms with Crippen molar-refractivity contribution in [2.75, 3.05) is 6.61 Å². The molecule has 0 saturated carbocycles. The van der Waals surface area contributed by atoms with Gasteiger partial charge in [0.2, 0.25) is 0 Å². The Morgan fingerprint density at radius 3 is 2.42 bits per heavy atom. The van der Waals surface area contributed by atoms with Gasteiger partial charge in [-0.25, -0.2) is 5.73 Å². The Bertz CT molecular complexity index is 132. The summed E-state index contributed by atoms with van der Waals surface area (Å²) in [5.74, 6) is 0.232. The van der Waals surface area contributed by atoms with Crippen molar-refractivity contribution < 1.29 is 9.53 Å². The highest BCUT2D eigenvalue weighted by Gasteiger charge is 2.08. The molecule has 0 spiro atoms. The smallest absolute Gasteiger partial charge is 0.324 e. The molecule has 0 rings (SSSR count). The summed E-state index contributed by atoms with van der Waals surface area (Å²) in [5.41, 5.74) is 7.03. The Labute approximate surface area is 74.3 Å². The van der Waals surface area contributed by atoms with Gasteiger partial charge in [-0.15, -0.1) is 0 Å². The van der Waals surface area contributed by atoms with Gasteiger partial charge in [0.15, 0.2) is 0 Å². The molecule has 1 atom stereocenters. The van der Waals surface area contributed by atoms with Crippen molar-refractivity contribution in [3.63, 3.8) is 0 Å². The second-order valence-corrected chi connectivity index (χ2v) is 3.43. The highest BCUT2D eigenvalue weighted by atomic mass is 16.5. The Balaban J connectivity index is 3.26. The fourth-order valence-corrected chi connectivity index (χ4v) is 0.789. The summed E-state index contributed by atoms with van der Waals surface area (Å²) in [7, 11) is 0. The monoisotopic (exact) mass is 172 g/mol. The van der Waals surface area contributed by atoms with Crippen molar-refractivity contribution in [2.24, 2.45) is 5.92 Å². The van der Waals surface area contributed by atoms with Crippen LogP contribution >= 0.6 is 0 Å². The van der Waals surface area contributed by atoms with Gasteiger partial charge >= 0.3 is 5.97 Å². The zero-order valence-corrected chi connectivity index (χ0v) is 8.09. The molecule has 3 nitrogen and oxygen atoms in total. The molecule has 1 radical (unpaired) electrons. The molecule has 0 heterocycles. The van der Waals surface area contributed by atoms with Gasteiger partial charge < -0.3 is 4.74 Å². The van der Waals surface area contributed by atoms with Crippen LogP contribution in [0.15, 0.2) is 0 Å². The zero-order valence-electron chi connectivity index (χ0n) is 8.09. The Kier molecular flexibility index (Phi) is 5.72.